The molecule has 4 heteroatoms. The molecule has 19 heavy (non-hydrogen) atoms. The van der Waals surface area contributed by atoms with Crippen LogP contribution in [0.1, 0.15) is 37.8 Å². The molecule has 2 rings (SSSR count). The summed E-state index contributed by atoms with van der Waals surface area (Å²) in [4.78, 5) is 0. The van der Waals surface area contributed by atoms with Gasteiger partial charge in [0.1, 0.15) is 5.82 Å². The predicted octanol–water partition coefficient (Wildman–Crippen LogP) is 4.06. The normalized spacial score (nSPS) is 18.5. The third-order valence-corrected chi connectivity index (χ3v) is 4.35. The van der Waals surface area contributed by atoms with E-state index in [0.717, 1.165) is 49.1 Å². The van der Waals surface area contributed by atoms with Crippen LogP contribution in [0.4, 0.5) is 4.39 Å². The first-order chi connectivity index (χ1) is 9.24. The highest BCUT2D eigenvalue weighted by atomic mass is 79.9. The molecular weight excluding hydrogens is 309 g/mol. The molecule has 0 aromatic heterocycles. The number of benzene rings is 1. The van der Waals surface area contributed by atoms with E-state index in [-0.39, 0.29) is 11.9 Å². The van der Waals surface area contributed by atoms with E-state index < -0.39 is 0 Å². The average molecular weight is 330 g/mol. The lowest BCUT2D eigenvalue weighted by Gasteiger charge is -2.32. The summed E-state index contributed by atoms with van der Waals surface area (Å²) < 4.78 is 20.5. The largest absolute Gasteiger partial charge is 0.381 e. The minimum Gasteiger partial charge on any atom is -0.381 e. The number of rotatable bonds is 5. The topological polar surface area (TPSA) is 21.3 Å². The van der Waals surface area contributed by atoms with Gasteiger partial charge in [0.25, 0.3) is 0 Å². The molecule has 1 heterocycles. The van der Waals surface area contributed by atoms with E-state index in [1.165, 1.54) is 0 Å². The zero-order valence-electron chi connectivity index (χ0n) is 11.3. The maximum absolute atomic E-state index is 14.2. The molecule has 1 N–H and O–H groups in total. The lowest BCUT2D eigenvalue weighted by molar-refractivity contribution is 0.0530. The fourth-order valence-electron chi connectivity index (χ4n) is 2.66. The summed E-state index contributed by atoms with van der Waals surface area (Å²) in [5.74, 6) is 0.308. The van der Waals surface area contributed by atoms with Crippen LogP contribution in [0.25, 0.3) is 0 Å². The molecule has 0 spiro atoms. The van der Waals surface area contributed by atoms with Crippen molar-refractivity contribution < 1.29 is 9.13 Å². The number of halogens is 2. The monoisotopic (exact) mass is 329 g/mol. The van der Waals surface area contributed by atoms with E-state index in [9.17, 15) is 4.39 Å². The zero-order valence-corrected chi connectivity index (χ0v) is 12.9. The molecule has 1 aliphatic rings. The molecule has 1 aromatic rings. The van der Waals surface area contributed by atoms with Crippen LogP contribution in [-0.2, 0) is 4.74 Å². The standard InChI is InChI=1S/C15H21BrFNO/c1-2-8-18-15(11-6-9-19-10-7-11)14-12(16)4-3-5-13(14)17/h3-5,11,15,18H,2,6-10H2,1H3. The molecule has 2 nitrogen and oxygen atoms in total. The first-order valence-corrected chi connectivity index (χ1v) is 7.78. The van der Waals surface area contributed by atoms with Crippen LogP contribution < -0.4 is 5.32 Å². The van der Waals surface area contributed by atoms with Crippen LogP contribution in [0.5, 0.6) is 0 Å². The third-order valence-electron chi connectivity index (χ3n) is 3.66. The Kier molecular flexibility index (Phi) is 5.79. The van der Waals surface area contributed by atoms with Crippen molar-refractivity contribution in [2.45, 2.75) is 32.2 Å². The Bertz CT molecular complexity index is 387. The second kappa shape index (κ2) is 7.36. The molecule has 0 amide bonds. The minimum atomic E-state index is -0.130. The summed E-state index contributed by atoms with van der Waals surface area (Å²) in [5, 5.41) is 3.51. The smallest absolute Gasteiger partial charge is 0.129 e. The summed E-state index contributed by atoms with van der Waals surface area (Å²) in [7, 11) is 0. The highest BCUT2D eigenvalue weighted by molar-refractivity contribution is 9.10. The SMILES string of the molecule is CCCNC(c1c(F)cccc1Br)C1CCOCC1. The summed E-state index contributed by atoms with van der Waals surface area (Å²) >= 11 is 3.50. The molecule has 1 aliphatic heterocycles. The average Bonchev–Trinajstić information content (AvgIpc) is 2.43. The van der Waals surface area contributed by atoms with Gasteiger partial charge < -0.3 is 10.1 Å². The second-order valence-electron chi connectivity index (χ2n) is 5.02. The van der Waals surface area contributed by atoms with Crippen LogP contribution in [0, 0.1) is 11.7 Å². The van der Waals surface area contributed by atoms with Gasteiger partial charge in [-0.25, -0.2) is 4.39 Å². The predicted molar refractivity (Wildman–Crippen MR) is 78.7 cm³/mol. The Morgan fingerprint density at radius 3 is 2.79 bits per heavy atom. The van der Waals surface area contributed by atoms with Gasteiger partial charge in [-0.05, 0) is 43.9 Å². The van der Waals surface area contributed by atoms with E-state index in [2.05, 4.69) is 28.2 Å². The summed E-state index contributed by atoms with van der Waals surface area (Å²) in [6.45, 7) is 4.59. The highest BCUT2D eigenvalue weighted by Gasteiger charge is 2.28. The molecule has 0 bridgehead atoms. The minimum absolute atomic E-state index is 0.0689. The molecule has 0 aliphatic carbocycles. The van der Waals surface area contributed by atoms with Crippen LogP contribution in [0.3, 0.4) is 0 Å². The van der Waals surface area contributed by atoms with E-state index >= 15 is 0 Å². The Hall–Kier alpha value is -0.450. The van der Waals surface area contributed by atoms with Gasteiger partial charge in [-0.3, -0.25) is 0 Å². The third kappa shape index (κ3) is 3.77. The maximum Gasteiger partial charge on any atom is 0.129 e. The molecule has 1 unspecified atom stereocenters. The summed E-state index contributed by atoms with van der Waals surface area (Å²) in [6.07, 6.45) is 3.02. The van der Waals surface area contributed by atoms with Crippen LogP contribution in [0.2, 0.25) is 0 Å². The maximum atomic E-state index is 14.2. The van der Waals surface area contributed by atoms with Gasteiger partial charge in [-0.2, -0.15) is 0 Å². The first kappa shape index (κ1) is 14.9. The number of hydrogen-bond acceptors (Lipinski definition) is 2. The van der Waals surface area contributed by atoms with Crippen LogP contribution in [-0.4, -0.2) is 19.8 Å². The lowest BCUT2D eigenvalue weighted by atomic mass is 9.86. The van der Waals surface area contributed by atoms with Crippen molar-refractivity contribution in [3.8, 4) is 0 Å². The van der Waals surface area contributed by atoms with E-state index in [1.54, 1.807) is 12.1 Å². The van der Waals surface area contributed by atoms with Gasteiger partial charge in [-0.1, -0.05) is 28.9 Å². The molecule has 0 radical (unpaired) electrons. The van der Waals surface area contributed by atoms with Crippen molar-refractivity contribution in [1.82, 2.24) is 5.32 Å². The van der Waals surface area contributed by atoms with Crippen molar-refractivity contribution in [1.29, 1.82) is 0 Å². The van der Waals surface area contributed by atoms with E-state index in [0.29, 0.717) is 5.92 Å². The number of ether oxygens (including phenoxy) is 1. The molecule has 1 fully saturated rings. The van der Waals surface area contributed by atoms with Crippen LogP contribution in [0.15, 0.2) is 22.7 Å². The summed E-state index contributed by atoms with van der Waals surface area (Å²) in [6, 6.07) is 5.27. The number of nitrogens with one attached hydrogen (secondary N) is 1. The molecule has 1 aromatic carbocycles. The molecule has 0 saturated carbocycles. The van der Waals surface area contributed by atoms with E-state index in [1.807, 2.05) is 6.07 Å². The van der Waals surface area contributed by atoms with Gasteiger partial charge in [0, 0.05) is 29.3 Å². The van der Waals surface area contributed by atoms with Gasteiger partial charge >= 0.3 is 0 Å². The number of hydrogen-bond donors (Lipinski definition) is 1. The Morgan fingerprint density at radius 1 is 1.42 bits per heavy atom. The van der Waals surface area contributed by atoms with Gasteiger partial charge in [0.15, 0.2) is 0 Å². The quantitative estimate of drug-likeness (QED) is 0.879. The fraction of sp³-hybridized carbons (Fsp3) is 0.600. The van der Waals surface area contributed by atoms with Gasteiger partial charge in [0.2, 0.25) is 0 Å². The van der Waals surface area contributed by atoms with Crippen molar-refractivity contribution in [3.05, 3.63) is 34.1 Å². The Morgan fingerprint density at radius 2 is 2.16 bits per heavy atom. The van der Waals surface area contributed by atoms with Crippen molar-refractivity contribution in [2.24, 2.45) is 5.92 Å². The van der Waals surface area contributed by atoms with E-state index in [4.69, 9.17) is 4.74 Å². The van der Waals surface area contributed by atoms with Crippen molar-refractivity contribution in [2.75, 3.05) is 19.8 Å². The molecule has 1 atom stereocenters. The molecule has 1 saturated heterocycles. The van der Waals surface area contributed by atoms with Crippen molar-refractivity contribution >= 4 is 15.9 Å². The summed E-state index contributed by atoms with van der Waals surface area (Å²) in [5.41, 5.74) is 0.767. The Labute approximate surface area is 122 Å². The van der Waals surface area contributed by atoms with Gasteiger partial charge in [0.05, 0.1) is 0 Å². The second-order valence-corrected chi connectivity index (χ2v) is 5.87. The van der Waals surface area contributed by atoms with Gasteiger partial charge in [-0.15, -0.1) is 0 Å². The zero-order chi connectivity index (χ0) is 13.7. The van der Waals surface area contributed by atoms with Crippen LogP contribution >= 0.6 is 15.9 Å². The van der Waals surface area contributed by atoms with Crippen molar-refractivity contribution in [3.63, 3.8) is 0 Å². The first-order valence-electron chi connectivity index (χ1n) is 6.99. The fourth-order valence-corrected chi connectivity index (χ4v) is 3.25. The Balaban J connectivity index is 2.25. The molecule has 106 valence electrons. The highest BCUT2D eigenvalue weighted by Crippen LogP contribution is 2.35. The molecular formula is C15H21BrFNO. The lowest BCUT2D eigenvalue weighted by Crippen LogP contribution is -2.33.